The van der Waals surface area contributed by atoms with Crippen LogP contribution in [0.5, 0.6) is 0 Å². The number of fused-ring (bicyclic) bond motifs is 1. The largest absolute Gasteiger partial charge is 0.327 e. The van der Waals surface area contributed by atoms with E-state index in [0.717, 1.165) is 17.5 Å². The summed E-state index contributed by atoms with van der Waals surface area (Å²) in [5, 5.41) is 3.00. The number of likely N-dealkylation sites (tertiary alicyclic amines) is 1. The molecule has 1 aliphatic carbocycles. The smallest absolute Gasteiger partial charge is 0.279 e. The van der Waals surface area contributed by atoms with Crippen LogP contribution in [0.1, 0.15) is 32.1 Å². The second-order valence-corrected chi connectivity index (χ2v) is 6.39. The van der Waals surface area contributed by atoms with Crippen LogP contribution in [0.25, 0.3) is 0 Å². The van der Waals surface area contributed by atoms with Gasteiger partial charge in [-0.3, -0.25) is 4.79 Å². The minimum absolute atomic E-state index is 0.153. The van der Waals surface area contributed by atoms with Crippen LogP contribution in [-0.4, -0.2) is 25.5 Å². The first-order valence-electron chi connectivity index (χ1n) is 8.00. The maximum Gasteiger partial charge on any atom is 0.279 e. The first kappa shape index (κ1) is 13.6. The fourth-order valence-electron chi connectivity index (χ4n) is 3.91. The van der Waals surface area contributed by atoms with E-state index in [1.807, 2.05) is 30.3 Å². The van der Waals surface area contributed by atoms with E-state index in [1.165, 1.54) is 50.1 Å². The minimum atomic E-state index is 0.153. The number of nitrogens with one attached hydrogen (secondary N) is 2. The van der Waals surface area contributed by atoms with Crippen LogP contribution in [0.4, 0.5) is 5.69 Å². The molecule has 0 spiro atoms. The third-order valence-electron chi connectivity index (χ3n) is 4.95. The lowest BCUT2D eigenvalue weighted by Crippen LogP contribution is -3.15. The van der Waals surface area contributed by atoms with Crippen molar-refractivity contribution in [3.8, 4) is 0 Å². The summed E-state index contributed by atoms with van der Waals surface area (Å²) >= 11 is 0. The van der Waals surface area contributed by atoms with Crippen molar-refractivity contribution < 1.29 is 9.69 Å². The highest BCUT2D eigenvalue weighted by Gasteiger charge is 2.34. The molecular formula is C17H25N2O+. The van der Waals surface area contributed by atoms with E-state index < -0.39 is 0 Å². The van der Waals surface area contributed by atoms with Gasteiger partial charge >= 0.3 is 0 Å². The van der Waals surface area contributed by atoms with E-state index in [-0.39, 0.29) is 5.91 Å². The molecule has 2 fully saturated rings. The van der Waals surface area contributed by atoms with Gasteiger partial charge in [-0.25, -0.2) is 0 Å². The number of anilines is 1. The lowest BCUT2D eigenvalue weighted by atomic mass is 9.75. The summed E-state index contributed by atoms with van der Waals surface area (Å²) in [6.45, 7) is 2.99. The lowest BCUT2D eigenvalue weighted by molar-refractivity contribution is -0.902. The molecule has 3 rings (SSSR count). The Morgan fingerprint density at radius 2 is 1.85 bits per heavy atom. The highest BCUT2D eigenvalue weighted by Crippen LogP contribution is 2.32. The van der Waals surface area contributed by atoms with Gasteiger partial charge in [0, 0.05) is 11.6 Å². The molecule has 2 aliphatic rings. The van der Waals surface area contributed by atoms with Crippen LogP contribution in [0.2, 0.25) is 0 Å². The van der Waals surface area contributed by atoms with Crippen molar-refractivity contribution >= 4 is 11.6 Å². The Labute approximate surface area is 121 Å². The first-order chi connectivity index (χ1) is 9.81. The van der Waals surface area contributed by atoms with Crippen molar-refractivity contribution in [1.82, 2.24) is 0 Å². The van der Waals surface area contributed by atoms with Crippen molar-refractivity contribution in [2.75, 3.05) is 25.0 Å². The van der Waals surface area contributed by atoms with E-state index in [0.29, 0.717) is 6.54 Å². The normalized spacial score (nSPS) is 29.5. The molecule has 0 aromatic heterocycles. The van der Waals surface area contributed by atoms with Crippen molar-refractivity contribution in [1.29, 1.82) is 0 Å². The summed E-state index contributed by atoms with van der Waals surface area (Å²) in [5.74, 6) is 1.97. The number of hydrogen-bond donors (Lipinski definition) is 2. The summed E-state index contributed by atoms with van der Waals surface area (Å²) in [4.78, 5) is 13.6. The molecule has 3 heteroatoms. The van der Waals surface area contributed by atoms with Crippen LogP contribution in [0.15, 0.2) is 30.3 Å². The van der Waals surface area contributed by atoms with E-state index in [2.05, 4.69) is 5.32 Å². The van der Waals surface area contributed by atoms with Gasteiger partial charge < -0.3 is 10.2 Å². The van der Waals surface area contributed by atoms with Gasteiger partial charge in [0.15, 0.2) is 6.54 Å². The minimum Gasteiger partial charge on any atom is -0.327 e. The zero-order valence-corrected chi connectivity index (χ0v) is 12.1. The number of para-hydroxylation sites is 1. The van der Waals surface area contributed by atoms with Gasteiger partial charge in [-0.05, 0) is 37.3 Å². The molecule has 1 saturated carbocycles. The van der Waals surface area contributed by atoms with Crippen molar-refractivity contribution in [3.63, 3.8) is 0 Å². The Hall–Kier alpha value is -1.35. The lowest BCUT2D eigenvalue weighted by Gasteiger charge is -2.38. The van der Waals surface area contributed by atoms with E-state index in [4.69, 9.17) is 0 Å². The van der Waals surface area contributed by atoms with Crippen LogP contribution in [-0.2, 0) is 4.79 Å². The highest BCUT2D eigenvalue weighted by molar-refractivity contribution is 5.91. The molecule has 1 aromatic rings. The summed E-state index contributed by atoms with van der Waals surface area (Å²) in [6, 6.07) is 9.77. The Kier molecular flexibility index (Phi) is 4.36. The average Bonchev–Trinajstić information content (AvgIpc) is 2.48. The first-order valence-corrected chi connectivity index (χ1v) is 8.00. The van der Waals surface area contributed by atoms with E-state index in [9.17, 15) is 4.79 Å². The number of piperidine rings is 1. The molecule has 108 valence electrons. The van der Waals surface area contributed by atoms with Crippen molar-refractivity contribution in [2.45, 2.75) is 32.1 Å². The fraction of sp³-hybridized carbons (Fsp3) is 0.588. The fourth-order valence-corrected chi connectivity index (χ4v) is 3.91. The summed E-state index contributed by atoms with van der Waals surface area (Å²) in [5.41, 5.74) is 0.907. The number of hydrogen-bond acceptors (Lipinski definition) is 1. The number of rotatable bonds is 3. The molecule has 0 bridgehead atoms. The van der Waals surface area contributed by atoms with Crippen LogP contribution < -0.4 is 10.2 Å². The van der Waals surface area contributed by atoms with E-state index >= 15 is 0 Å². The maximum atomic E-state index is 12.1. The molecule has 1 unspecified atom stereocenters. The Bertz CT molecular complexity index is 446. The predicted molar refractivity (Wildman–Crippen MR) is 80.7 cm³/mol. The number of benzene rings is 1. The summed E-state index contributed by atoms with van der Waals surface area (Å²) in [6.07, 6.45) is 6.94. The van der Waals surface area contributed by atoms with Crippen LogP contribution >= 0.6 is 0 Å². The molecule has 1 heterocycles. The van der Waals surface area contributed by atoms with Crippen molar-refractivity contribution in [3.05, 3.63) is 30.3 Å². The number of carbonyl (C=O) groups is 1. The summed E-state index contributed by atoms with van der Waals surface area (Å²) < 4.78 is 0. The molecule has 3 nitrogen and oxygen atoms in total. The van der Waals surface area contributed by atoms with Gasteiger partial charge in [0.05, 0.1) is 13.1 Å². The molecule has 3 atom stereocenters. The Morgan fingerprint density at radius 3 is 2.65 bits per heavy atom. The van der Waals surface area contributed by atoms with Crippen molar-refractivity contribution in [2.24, 2.45) is 11.8 Å². The molecule has 1 aromatic carbocycles. The standard InChI is InChI=1S/C17H24N2O/c20-17(18-16-8-2-1-3-9-16)13-19-11-10-14-6-4-5-7-15(14)12-19/h1-3,8-9,14-15H,4-7,10-13H2,(H,18,20)/p+1/t14-,15-/m1/s1. The van der Waals surface area contributed by atoms with Gasteiger partial charge in [-0.2, -0.15) is 0 Å². The zero-order chi connectivity index (χ0) is 13.8. The van der Waals surface area contributed by atoms with Gasteiger partial charge in [-0.1, -0.05) is 31.0 Å². The van der Waals surface area contributed by atoms with Gasteiger partial charge in [0.2, 0.25) is 0 Å². The quantitative estimate of drug-likeness (QED) is 0.864. The number of amides is 1. The Balaban J connectivity index is 1.49. The Morgan fingerprint density at radius 1 is 1.10 bits per heavy atom. The highest BCUT2D eigenvalue weighted by atomic mass is 16.2. The van der Waals surface area contributed by atoms with Gasteiger partial charge in [0.1, 0.15) is 0 Å². The molecule has 2 N–H and O–H groups in total. The maximum absolute atomic E-state index is 12.1. The van der Waals surface area contributed by atoms with Gasteiger partial charge in [-0.15, -0.1) is 0 Å². The third kappa shape index (κ3) is 3.40. The van der Waals surface area contributed by atoms with E-state index in [1.54, 1.807) is 0 Å². The molecule has 20 heavy (non-hydrogen) atoms. The van der Waals surface area contributed by atoms with Gasteiger partial charge in [0.25, 0.3) is 5.91 Å². The topological polar surface area (TPSA) is 33.5 Å². The monoisotopic (exact) mass is 273 g/mol. The second-order valence-electron chi connectivity index (χ2n) is 6.39. The van der Waals surface area contributed by atoms with Crippen LogP contribution in [0.3, 0.4) is 0 Å². The summed E-state index contributed by atoms with van der Waals surface area (Å²) in [7, 11) is 0. The average molecular weight is 273 g/mol. The molecule has 1 saturated heterocycles. The zero-order valence-electron chi connectivity index (χ0n) is 12.1. The predicted octanol–water partition coefficient (Wildman–Crippen LogP) is 1.72. The molecule has 1 aliphatic heterocycles. The molecule has 1 amide bonds. The molecular weight excluding hydrogens is 248 g/mol. The second kappa shape index (κ2) is 6.40. The third-order valence-corrected chi connectivity index (χ3v) is 4.95. The molecule has 0 radical (unpaired) electrons. The number of quaternary nitrogens is 1. The SMILES string of the molecule is O=C(C[NH+]1CC[C@H]2CCCC[C@@H]2C1)Nc1ccccc1. The van der Waals surface area contributed by atoms with Crippen LogP contribution in [0, 0.1) is 11.8 Å². The number of carbonyl (C=O) groups excluding carboxylic acids is 1.